The minimum Gasteiger partial charge on any atom is -0.493 e. The Labute approximate surface area is 253 Å². The van der Waals surface area contributed by atoms with E-state index < -0.39 is 12.0 Å². The van der Waals surface area contributed by atoms with Crippen LogP contribution in [0.5, 0.6) is 11.5 Å². The van der Waals surface area contributed by atoms with Crippen molar-refractivity contribution in [3.63, 3.8) is 0 Å². The molecular formula is C31H26FIN2O5S. The minimum atomic E-state index is -0.662. The van der Waals surface area contributed by atoms with Gasteiger partial charge in [0.05, 0.1) is 39.6 Å². The van der Waals surface area contributed by atoms with Crippen molar-refractivity contribution in [1.82, 2.24) is 4.57 Å². The molecule has 1 aliphatic rings. The second kappa shape index (κ2) is 12.4. The first kappa shape index (κ1) is 28.7. The SMILES string of the molecule is CCC1=C(C(=O)OC)[C@@H](c2ccccc2)n2c(s/c(=C\c3cc(I)c(OCc4cccc(F)c4)c(OC)c3)c2=O)=N1. The summed E-state index contributed by atoms with van der Waals surface area (Å²) in [6.07, 6.45) is 2.28. The molecule has 0 saturated heterocycles. The van der Waals surface area contributed by atoms with Crippen LogP contribution >= 0.6 is 33.9 Å². The molecule has 0 amide bonds. The molecule has 1 aliphatic heterocycles. The number of nitrogens with zero attached hydrogens (tertiary/aromatic N) is 2. The number of halogens is 2. The van der Waals surface area contributed by atoms with Crippen LogP contribution in [0.25, 0.3) is 6.08 Å². The van der Waals surface area contributed by atoms with Gasteiger partial charge < -0.3 is 14.2 Å². The highest BCUT2D eigenvalue weighted by Gasteiger charge is 2.33. The number of benzene rings is 3. The Bertz CT molecular complexity index is 1830. The zero-order chi connectivity index (χ0) is 29.1. The standard InChI is InChI=1S/C31H26FIN2O5S/c1-4-23-26(30(37)39-3)27(20-10-6-5-7-11-20)35-29(36)25(41-31(35)34-23)16-19-14-22(33)28(24(15-19)38-2)40-17-18-9-8-12-21(32)13-18/h5-16,27H,4,17H2,1-3H3/b25-16-/t27-/m1/s1. The first-order valence-corrected chi connectivity index (χ1v) is 14.7. The van der Waals surface area contributed by atoms with Crippen LogP contribution in [-0.4, -0.2) is 24.8 Å². The number of methoxy groups -OCH3 is 2. The largest absolute Gasteiger partial charge is 0.493 e. The third-order valence-corrected chi connectivity index (χ3v) is 8.37. The summed E-state index contributed by atoms with van der Waals surface area (Å²) in [5.41, 5.74) is 2.90. The summed E-state index contributed by atoms with van der Waals surface area (Å²) in [6.45, 7) is 2.09. The van der Waals surface area contributed by atoms with E-state index in [4.69, 9.17) is 19.2 Å². The van der Waals surface area contributed by atoms with Gasteiger partial charge in [0.2, 0.25) is 0 Å². The van der Waals surface area contributed by atoms with Gasteiger partial charge >= 0.3 is 5.97 Å². The smallest absolute Gasteiger partial charge is 0.338 e. The molecule has 0 radical (unpaired) electrons. The first-order valence-electron chi connectivity index (χ1n) is 12.8. The molecule has 10 heteroatoms. The Hall–Kier alpha value is -3.77. The number of thiazole rings is 1. The lowest BCUT2D eigenvalue weighted by Gasteiger charge is -2.25. The second-order valence-electron chi connectivity index (χ2n) is 9.15. The van der Waals surface area contributed by atoms with E-state index in [2.05, 4.69) is 22.6 Å². The summed E-state index contributed by atoms with van der Waals surface area (Å²) in [4.78, 5) is 32.0. The van der Waals surface area contributed by atoms with Gasteiger partial charge in [0.15, 0.2) is 16.3 Å². The highest BCUT2D eigenvalue weighted by atomic mass is 127. The van der Waals surface area contributed by atoms with Crippen LogP contribution in [0.1, 0.15) is 36.1 Å². The predicted octanol–water partition coefficient (Wildman–Crippen LogP) is 5.13. The highest BCUT2D eigenvalue weighted by Crippen LogP contribution is 2.35. The molecule has 5 rings (SSSR count). The number of hydrogen-bond donors (Lipinski definition) is 0. The Morgan fingerprint density at radius 2 is 1.90 bits per heavy atom. The van der Waals surface area contributed by atoms with Gasteiger partial charge in [-0.1, -0.05) is 60.7 Å². The van der Waals surface area contributed by atoms with Crippen LogP contribution in [0.15, 0.2) is 87.8 Å². The Morgan fingerprint density at radius 1 is 1.12 bits per heavy atom. The maximum absolute atomic E-state index is 13.9. The van der Waals surface area contributed by atoms with Crippen LogP contribution in [0.2, 0.25) is 0 Å². The third kappa shape index (κ3) is 5.84. The van der Waals surface area contributed by atoms with E-state index in [1.165, 1.54) is 30.6 Å². The van der Waals surface area contributed by atoms with Crippen molar-refractivity contribution in [3.8, 4) is 11.5 Å². The van der Waals surface area contributed by atoms with E-state index >= 15 is 0 Å². The molecule has 0 bridgehead atoms. The summed E-state index contributed by atoms with van der Waals surface area (Å²) in [5, 5.41) is 0. The monoisotopic (exact) mass is 684 g/mol. The minimum absolute atomic E-state index is 0.170. The number of ether oxygens (including phenoxy) is 3. The molecule has 0 spiro atoms. The maximum atomic E-state index is 13.9. The number of carbonyl (C=O) groups is 1. The van der Waals surface area contributed by atoms with Gasteiger partial charge in [0, 0.05) is 0 Å². The molecule has 0 saturated carbocycles. The number of hydrogen-bond acceptors (Lipinski definition) is 7. The normalized spacial score (nSPS) is 14.9. The number of allylic oxidation sites excluding steroid dienone is 1. The molecule has 1 aromatic heterocycles. The van der Waals surface area contributed by atoms with Gasteiger partial charge in [-0.3, -0.25) is 9.36 Å². The highest BCUT2D eigenvalue weighted by molar-refractivity contribution is 14.1. The average Bonchev–Trinajstić information content (AvgIpc) is 3.29. The summed E-state index contributed by atoms with van der Waals surface area (Å²) in [5.74, 6) is 0.164. The van der Waals surface area contributed by atoms with Crippen LogP contribution in [0, 0.1) is 9.39 Å². The number of aromatic nitrogens is 1. The third-order valence-electron chi connectivity index (χ3n) is 6.59. The summed E-state index contributed by atoms with van der Waals surface area (Å²) in [6, 6.07) is 18.6. The molecule has 0 aliphatic carbocycles. The zero-order valence-corrected chi connectivity index (χ0v) is 25.5. The van der Waals surface area contributed by atoms with E-state index in [1.54, 1.807) is 36.0 Å². The first-order chi connectivity index (χ1) is 19.8. The molecule has 0 unspecified atom stereocenters. The molecule has 210 valence electrons. The fourth-order valence-corrected chi connectivity index (χ4v) is 6.51. The van der Waals surface area contributed by atoms with E-state index in [0.717, 1.165) is 14.7 Å². The van der Waals surface area contributed by atoms with E-state index in [9.17, 15) is 14.0 Å². The molecule has 3 aromatic carbocycles. The molecule has 0 fully saturated rings. The fourth-order valence-electron chi connectivity index (χ4n) is 4.71. The topological polar surface area (TPSA) is 79.1 Å². The van der Waals surface area contributed by atoms with Crippen molar-refractivity contribution >= 4 is 46.0 Å². The van der Waals surface area contributed by atoms with Crippen molar-refractivity contribution in [3.05, 3.63) is 124 Å². The van der Waals surface area contributed by atoms with E-state index in [0.29, 0.717) is 44.1 Å². The van der Waals surface area contributed by atoms with Crippen LogP contribution in [0.3, 0.4) is 0 Å². The van der Waals surface area contributed by atoms with Crippen LogP contribution in [0.4, 0.5) is 4.39 Å². The summed E-state index contributed by atoms with van der Waals surface area (Å²) in [7, 11) is 2.87. The second-order valence-corrected chi connectivity index (χ2v) is 11.3. The quantitative estimate of drug-likeness (QED) is 0.190. The maximum Gasteiger partial charge on any atom is 0.338 e. The van der Waals surface area contributed by atoms with Crippen molar-refractivity contribution in [1.29, 1.82) is 0 Å². The van der Waals surface area contributed by atoms with Crippen molar-refractivity contribution < 1.29 is 23.4 Å². The number of esters is 1. The molecule has 1 atom stereocenters. The van der Waals surface area contributed by atoms with Crippen molar-refractivity contribution in [2.75, 3.05) is 14.2 Å². The van der Waals surface area contributed by atoms with Crippen LogP contribution in [-0.2, 0) is 16.1 Å². The van der Waals surface area contributed by atoms with Crippen LogP contribution < -0.4 is 24.4 Å². The van der Waals surface area contributed by atoms with Gasteiger partial charge in [-0.25, -0.2) is 14.2 Å². The fraction of sp³-hybridized carbons (Fsp3) is 0.194. The summed E-state index contributed by atoms with van der Waals surface area (Å²) >= 11 is 3.41. The molecule has 7 nitrogen and oxygen atoms in total. The Morgan fingerprint density at radius 3 is 2.59 bits per heavy atom. The van der Waals surface area contributed by atoms with Gasteiger partial charge in [0.1, 0.15) is 12.4 Å². The van der Waals surface area contributed by atoms with E-state index in [1.807, 2.05) is 43.3 Å². The van der Waals surface area contributed by atoms with Gasteiger partial charge in [-0.2, -0.15) is 0 Å². The van der Waals surface area contributed by atoms with Crippen molar-refractivity contribution in [2.45, 2.75) is 26.0 Å². The zero-order valence-electron chi connectivity index (χ0n) is 22.5. The number of rotatable bonds is 8. The molecule has 41 heavy (non-hydrogen) atoms. The lowest BCUT2D eigenvalue weighted by molar-refractivity contribution is -0.136. The lowest BCUT2D eigenvalue weighted by atomic mass is 9.95. The molecule has 0 N–H and O–H groups in total. The molecule has 2 heterocycles. The van der Waals surface area contributed by atoms with Gasteiger partial charge in [-0.15, -0.1) is 0 Å². The number of carbonyl (C=O) groups excluding carboxylic acids is 1. The number of fused-ring (bicyclic) bond motifs is 1. The van der Waals surface area contributed by atoms with Gasteiger partial charge in [0.25, 0.3) is 5.56 Å². The van der Waals surface area contributed by atoms with Crippen molar-refractivity contribution in [2.24, 2.45) is 4.99 Å². The lowest BCUT2D eigenvalue weighted by Crippen LogP contribution is -2.40. The van der Waals surface area contributed by atoms with Gasteiger partial charge in [-0.05, 0) is 76.0 Å². The Kier molecular flexibility index (Phi) is 8.69. The molecular weight excluding hydrogens is 658 g/mol. The van der Waals surface area contributed by atoms with E-state index in [-0.39, 0.29) is 18.0 Å². The average molecular weight is 685 g/mol. The predicted molar refractivity (Wildman–Crippen MR) is 163 cm³/mol. The Balaban J connectivity index is 1.59. The summed E-state index contributed by atoms with van der Waals surface area (Å²) < 4.78 is 33.1. The molecule has 4 aromatic rings.